The van der Waals surface area contributed by atoms with E-state index in [2.05, 4.69) is 10.6 Å². The Balaban J connectivity index is 2.72. The summed E-state index contributed by atoms with van der Waals surface area (Å²) in [6.07, 6.45) is 0. The number of carbonyl (C=O) groups is 2. The Hall–Kier alpha value is -2.04. The second-order valence-electron chi connectivity index (χ2n) is 4.64. The van der Waals surface area contributed by atoms with Gasteiger partial charge in [0.15, 0.2) is 0 Å². The first-order valence-electron chi connectivity index (χ1n) is 6.16. The molecule has 5 nitrogen and oxygen atoms in total. The molecule has 2 amide bonds. The van der Waals surface area contributed by atoms with Gasteiger partial charge in [-0.1, -0.05) is 13.8 Å². The topological polar surface area (TPSA) is 67.4 Å². The van der Waals surface area contributed by atoms with Crippen LogP contribution in [0.5, 0.6) is 5.75 Å². The molecule has 0 heterocycles. The van der Waals surface area contributed by atoms with Crippen molar-refractivity contribution < 1.29 is 14.3 Å². The fourth-order valence-corrected chi connectivity index (χ4v) is 1.65. The van der Waals surface area contributed by atoms with E-state index in [1.165, 1.54) is 6.92 Å². The van der Waals surface area contributed by atoms with Gasteiger partial charge in [-0.15, -0.1) is 0 Å². The second kappa shape index (κ2) is 6.78. The van der Waals surface area contributed by atoms with Gasteiger partial charge < -0.3 is 15.4 Å². The summed E-state index contributed by atoms with van der Waals surface area (Å²) in [5.41, 5.74) is 0.668. The van der Waals surface area contributed by atoms with Crippen molar-refractivity contribution >= 4 is 17.5 Å². The van der Waals surface area contributed by atoms with Crippen molar-refractivity contribution in [1.82, 2.24) is 5.32 Å². The fraction of sp³-hybridized carbons (Fsp3) is 0.429. The van der Waals surface area contributed by atoms with Crippen LogP contribution in [-0.4, -0.2) is 25.0 Å². The number of ether oxygens (including phenoxy) is 1. The molecule has 0 saturated heterocycles. The minimum atomic E-state index is -0.542. The normalized spacial score (nSPS) is 11.8. The largest absolute Gasteiger partial charge is 0.497 e. The third kappa shape index (κ3) is 4.62. The standard InChI is InChI=1S/C14H20N2O3/c1-9(2)13(15-10(3)17)14(18)16-11-5-7-12(19-4)8-6-11/h5-9,13H,1-4H3,(H,15,17)(H,16,18). The van der Waals surface area contributed by atoms with Crippen molar-refractivity contribution in [3.8, 4) is 5.75 Å². The maximum absolute atomic E-state index is 12.1. The summed E-state index contributed by atoms with van der Waals surface area (Å²) in [5.74, 6) is 0.293. The Kier molecular flexibility index (Phi) is 5.36. The summed E-state index contributed by atoms with van der Waals surface area (Å²) in [5, 5.41) is 5.42. The molecule has 0 saturated carbocycles. The quantitative estimate of drug-likeness (QED) is 0.852. The molecular formula is C14H20N2O3. The summed E-state index contributed by atoms with van der Waals surface area (Å²) in [7, 11) is 1.58. The first-order valence-corrected chi connectivity index (χ1v) is 6.16. The number of methoxy groups -OCH3 is 1. The average Bonchev–Trinajstić information content (AvgIpc) is 2.36. The molecule has 0 aliphatic heterocycles. The molecule has 19 heavy (non-hydrogen) atoms. The molecule has 1 rings (SSSR count). The van der Waals surface area contributed by atoms with Crippen LogP contribution in [0.4, 0.5) is 5.69 Å². The zero-order valence-corrected chi connectivity index (χ0v) is 11.7. The van der Waals surface area contributed by atoms with Gasteiger partial charge in [-0.05, 0) is 30.2 Å². The van der Waals surface area contributed by atoms with E-state index in [-0.39, 0.29) is 17.7 Å². The number of hydrogen-bond acceptors (Lipinski definition) is 3. The van der Waals surface area contributed by atoms with Crippen molar-refractivity contribution in [2.45, 2.75) is 26.8 Å². The van der Waals surface area contributed by atoms with E-state index in [1.54, 1.807) is 31.4 Å². The van der Waals surface area contributed by atoms with Crippen LogP contribution >= 0.6 is 0 Å². The molecule has 104 valence electrons. The number of anilines is 1. The van der Waals surface area contributed by atoms with Gasteiger partial charge in [0.25, 0.3) is 0 Å². The summed E-state index contributed by atoms with van der Waals surface area (Å²) in [6.45, 7) is 5.17. The molecule has 0 aliphatic carbocycles. The number of amides is 2. The number of hydrogen-bond donors (Lipinski definition) is 2. The number of carbonyl (C=O) groups excluding carboxylic acids is 2. The van der Waals surface area contributed by atoms with E-state index in [0.29, 0.717) is 5.69 Å². The van der Waals surface area contributed by atoms with E-state index >= 15 is 0 Å². The molecule has 0 aromatic heterocycles. The van der Waals surface area contributed by atoms with Crippen molar-refractivity contribution in [2.75, 3.05) is 12.4 Å². The van der Waals surface area contributed by atoms with Crippen LogP contribution in [0.25, 0.3) is 0 Å². The monoisotopic (exact) mass is 264 g/mol. The van der Waals surface area contributed by atoms with Crippen LogP contribution in [0, 0.1) is 5.92 Å². The van der Waals surface area contributed by atoms with Crippen molar-refractivity contribution in [3.05, 3.63) is 24.3 Å². The minimum absolute atomic E-state index is 0.0159. The Morgan fingerprint density at radius 3 is 2.16 bits per heavy atom. The molecule has 2 N–H and O–H groups in total. The second-order valence-corrected chi connectivity index (χ2v) is 4.64. The SMILES string of the molecule is COc1ccc(NC(=O)C(NC(C)=O)C(C)C)cc1. The maximum Gasteiger partial charge on any atom is 0.247 e. The van der Waals surface area contributed by atoms with Gasteiger partial charge in [-0.25, -0.2) is 0 Å². The Bertz CT molecular complexity index is 441. The Labute approximate surface area is 113 Å². The summed E-state index contributed by atoms with van der Waals surface area (Å²) >= 11 is 0. The Morgan fingerprint density at radius 1 is 1.16 bits per heavy atom. The predicted molar refractivity (Wildman–Crippen MR) is 74.1 cm³/mol. The van der Waals surface area contributed by atoms with Crippen LogP contribution in [-0.2, 0) is 9.59 Å². The van der Waals surface area contributed by atoms with Gasteiger partial charge in [0, 0.05) is 12.6 Å². The number of rotatable bonds is 5. The van der Waals surface area contributed by atoms with E-state index in [9.17, 15) is 9.59 Å². The van der Waals surface area contributed by atoms with Gasteiger partial charge >= 0.3 is 0 Å². The number of benzene rings is 1. The van der Waals surface area contributed by atoms with Crippen molar-refractivity contribution in [1.29, 1.82) is 0 Å². The van der Waals surface area contributed by atoms with Crippen molar-refractivity contribution in [3.63, 3.8) is 0 Å². The lowest BCUT2D eigenvalue weighted by Crippen LogP contribution is -2.46. The van der Waals surface area contributed by atoms with E-state index < -0.39 is 6.04 Å². The highest BCUT2D eigenvalue weighted by Crippen LogP contribution is 2.15. The lowest BCUT2D eigenvalue weighted by Gasteiger charge is -2.20. The van der Waals surface area contributed by atoms with Crippen LogP contribution in [0.3, 0.4) is 0 Å². The van der Waals surface area contributed by atoms with Gasteiger partial charge in [-0.3, -0.25) is 9.59 Å². The van der Waals surface area contributed by atoms with Gasteiger partial charge in [-0.2, -0.15) is 0 Å². The Morgan fingerprint density at radius 2 is 1.74 bits per heavy atom. The zero-order chi connectivity index (χ0) is 14.4. The highest BCUT2D eigenvalue weighted by atomic mass is 16.5. The lowest BCUT2D eigenvalue weighted by molar-refractivity contribution is -0.126. The lowest BCUT2D eigenvalue weighted by atomic mass is 10.0. The summed E-state index contributed by atoms with van der Waals surface area (Å²) in [4.78, 5) is 23.2. The third-order valence-electron chi connectivity index (χ3n) is 2.67. The molecule has 0 fully saturated rings. The average molecular weight is 264 g/mol. The van der Waals surface area contributed by atoms with Crippen LogP contribution in [0.1, 0.15) is 20.8 Å². The fourth-order valence-electron chi connectivity index (χ4n) is 1.65. The van der Waals surface area contributed by atoms with Gasteiger partial charge in [0.05, 0.1) is 7.11 Å². The molecule has 0 bridgehead atoms. The van der Waals surface area contributed by atoms with Gasteiger partial charge in [0.2, 0.25) is 11.8 Å². The van der Waals surface area contributed by atoms with Crippen LogP contribution < -0.4 is 15.4 Å². The molecule has 1 aromatic rings. The minimum Gasteiger partial charge on any atom is -0.497 e. The molecule has 1 aromatic carbocycles. The maximum atomic E-state index is 12.1. The van der Waals surface area contributed by atoms with E-state index in [0.717, 1.165) is 5.75 Å². The smallest absolute Gasteiger partial charge is 0.247 e. The first kappa shape index (κ1) is 15.0. The molecule has 0 radical (unpaired) electrons. The number of nitrogens with one attached hydrogen (secondary N) is 2. The summed E-state index contributed by atoms with van der Waals surface area (Å²) in [6, 6.07) is 6.49. The first-order chi connectivity index (χ1) is 8.93. The molecular weight excluding hydrogens is 244 g/mol. The van der Waals surface area contributed by atoms with E-state index in [1.807, 2.05) is 13.8 Å². The predicted octanol–water partition coefficient (Wildman–Crippen LogP) is 1.79. The zero-order valence-electron chi connectivity index (χ0n) is 11.7. The molecule has 1 unspecified atom stereocenters. The van der Waals surface area contributed by atoms with Crippen LogP contribution in [0.15, 0.2) is 24.3 Å². The van der Waals surface area contributed by atoms with Crippen molar-refractivity contribution in [2.24, 2.45) is 5.92 Å². The highest BCUT2D eigenvalue weighted by Gasteiger charge is 2.22. The van der Waals surface area contributed by atoms with E-state index in [4.69, 9.17) is 4.74 Å². The van der Waals surface area contributed by atoms with Crippen LogP contribution in [0.2, 0.25) is 0 Å². The molecule has 1 atom stereocenters. The molecule has 0 aliphatic rings. The molecule has 0 spiro atoms. The van der Waals surface area contributed by atoms with Gasteiger partial charge in [0.1, 0.15) is 11.8 Å². The third-order valence-corrected chi connectivity index (χ3v) is 2.67. The highest BCUT2D eigenvalue weighted by molar-refractivity contribution is 5.97. The molecule has 5 heteroatoms. The summed E-state index contributed by atoms with van der Waals surface area (Å²) < 4.78 is 5.04.